The summed E-state index contributed by atoms with van der Waals surface area (Å²) in [5.41, 5.74) is 10.1. The van der Waals surface area contributed by atoms with E-state index in [1.165, 1.54) is 85.2 Å². The largest absolute Gasteiger partial charge is 0.135 e. The molecule has 0 fully saturated rings. The number of thiophene rings is 1. The lowest BCUT2D eigenvalue weighted by Gasteiger charge is -2.21. The Morgan fingerprint density at radius 2 is 1.10 bits per heavy atom. The van der Waals surface area contributed by atoms with Gasteiger partial charge in [-0.2, -0.15) is 0 Å². The van der Waals surface area contributed by atoms with Crippen molar-refractivity contribution in [2.75, 3.05) is 0 Å². The van der Waals surface area contributed by atoms with Gasteiger partial charge in [-0.3, -0.25) is 0 Å². The summed E-state index contributed by atoms with van der Waals surface area (Å²) in [6.45, 7) is 0. The average Bonchev–Trinajstić information content (AvgIpc) is 3.44. The smallest absolute Gasteiger partial charge is 0.0433 e. The van der Waals surface area contributed by atoms with Crippen LogP contribution in [0.25, 0.3) is 75.5 Å². The molecule has 0 saturated heterocycles. The van der Waals surface area contributed by atoms with Gasteiger partial charge in [-0.05, 0) is 92.4 Å². The van der Waals surface area contributed by atoms with E-state index in [0.29, 0.717) is 0 Å². The zero-order valence-electron chi connectivity index (χ0n) is 22.7. The molecule has 0 saturated carbocycles. The Morgan fingerprint density at radius 1 is 0.381 bits per heavy atom. The van der Waals surface area contributed by atoms with Crippen LogP contribution in [-0.2, 0) is 0 Å². The lowest BCUT2D eigenvalue weighted by atomic mass is 9.91. The van der Waals surface area contributed by atoms with Crippen molar-refractivity contribution in [2.45, 2.75) is 9.79 Å². The maximum Gasteiger partial charge on any atom is 0.0433 e. The zero-order chi connectivity index (χ0) is 27.6. The molecule has 0 spiro atoms. The fourth-order valence-corrected chi connectivity index (χ4v) is 8.83. The summed E-state index contributed by atoms with van der Waals surface area (Å²) in [5.74, 6) is 0. The molecule has 0 aliphatic carbocycles. The van der Waals surface area contributed by atoms with Gasteiger partial charge in [0.1, 0.15) is 0 Å². The Kier molecular flexibility index (Phi) is 5.41. The van der Waals surface area contributed by atoms with Crippen molar-refractivity contribution < 1.29 is 0 Å². The average molecular weight is 569 g/mol. The monoisotopic (exact) mass is 568 g/mol. The SMILES string of the molecule is c1ccc(-c2cc(-c3ccc4c(c3)-c3cccc5cccc(c35)S4)cc(-c3cccc4c3sc3ccccc34)c2)cc1. The number of fused-ring (bicyclic) bond motifs is 5. The molecule has 2 heteroatoms. The maximum absolute atomic E-state index is 2.40. The van der Waals surface area contributed by atoms with Gasteiger partial charge in [0.25, 0.3) is 0 Å². The molecule has 0 nitrogen and oxygen atoms in total. The van der Waals surface area contributed by atoms with Crippen LogP contribution in [0.1, 0.15) is 0 Å². The van der Waals surface area contributed by atoms with E-state index in [2.05, 4.69) is 146 Å². The van der Waals surface area contributed by atoms with Gasteiger partial charge in [-0.15, -0.1) is 11.3 Å². The van der Waals surface area contributed by atoms with Gasteiger partial charge in [-0.1, -0.05) is 115 Å². The van der Waals surface area contributed by atoms with E-state index in [-0.39, 0.29) is 0 Å². The quantitative estimate of drug-likeness (QED) is 0.204. The third-order valence-corrected chi connectivity index (χ3v) is 10.8. The van der Waals surface area contributed by atoms with E-state index >= 15 is 0 Å². The molecule has 0 amide bonds. The first-order valence-electron chi connectivity index (χ1n) is 14.3. The summed E-state index contributed by atoms with van der Waals surface area (Å²) >= 11 is 3.78. The number of hydrogen-bond donors (Lipinski definition) is 0. The third kappa shape index (κ3) is 3.76. The first kappa shape index (κ1) is 24.0. The van der Waals surface area contributed by atoms with E-state index in [1.807, 2.05) is 23.1 Å². The molecule has 0 N–H and O–H groups in total. The zero-order valence-corrected chi connectivity index (χ0v) is 24.3. The highest BCUT2D eigenvalue weighted by molar-refractivity contribution is 7.99. The van der Waals surface area contributed by atoms with Gasteiger partial charge in [0.05, 0.1) is 0 Å². The second-order valence-corrected chi connectivity index (χ2v) is 13.1. The van der Waals surface area contributed by atoms with Gasteiger partial charge >= 0.3 is 0 Å². The summed E-state index contributed by atoms with van der Waals surface area (Å²) in [5, 5.41) is 5.33. The lowest BCUT2D eigenvalue weighted by molar-refractivity contribution is 1.39. The van der Waals surface area contributed by atoms with Crippen LogP contribution >= 0.6 is 23.1 Å². The number of rotatable bonds is 3. The highest BCUT2D eigenvalue weighted by Crippen LogP contribution is 2.49. The van der Waals surface area contributed by atoms with E-state index < -0.39 is 0 Å². The second-order valence-electron chi connectivity index (χ2n) is 10.9. The van der Waals surface area contributed by atoms with Gasteiger partial charge < -0.3 is 0 Å². The highest BCUT2D eigenvalue weighted by Gasteiger charge is 2.20. The molecule has 7 aromatic carbocycles. The lowest BCUT2D eigenvalue weighted by Crippen LogP contribution is -1.94. The van der Waals surface area contributed by atoms with Gasteiger partial charge in [0.2, 0.25) is 0 Å². The summed E-state index contributed by atoms with van der Waals surface area (Å²) in [6, 6.07) is 53.7. The van der Waals surface area contributed by atoms with E-state index in [1.54, 1.807) is 0 Å². The molecule has 1 aliphatic heterocycles. The maximum atomic E-state index is 2.40. The summed E-state index contributed by atoms with van der Waals surface area (Å²) < 4.78 is 2.68. The number of benzene rings is 7. The first-order valence-corrected chi connectivity index (χ1v) is 15.9. The summed E-state index contributed by atoms with van der Waals surface area (Å²) in [6.07, 6.45) is 0. The van der Waals surface area contributed by atoms with Crippen LogP contribution in [0, 0.1) is 0 Å². The van der Waals surface area contributed by atoms with Crippen molar-refractivity contribution in [3.63, 3.8) is 0 Å². The van der Waals surface area contributed by atoms with Crippen molar-refractivity contribution in [1.82, 2.24) is 0 Å². The normalized spacial score (nSPS) is 12.2. The predicted octanol–water partition coefficient (Wildman–Crippen LogP) is 12.3. The van der Waals surface area contributed by atoms with Crippen molar-refractivity contribution in [2.24, 2.45) is 0 Å². The van der Waals surface area contributed by atoms with Crippen molar-refractivity contribution in [3.05, 3.63) is 146 Å². The van der Waals surface area contributed by atoms with Crippen LogP contribution in [0.2, 0.25) is 0 Å². The van der Waals surface area contributed by atoms with E-state index in [0.717, 1.165) is 0 Å². The van der Waals surface area contributed by atoms with Crippen LogP contribution in [-0.4, -0.2) is 0 Å². The molecule has 196 valence electrons. The third-order valence-electron chi connectivity index (χ3n) is 8.44. The topological polar surface area (TPSA) is 0 Å². The van der Waals surface area contributed by atoms with E-state index in [9.17, 15) is 0 Å². The van der Waals surface area contributed by atoms with Gasteiger partial charge in [0, 0.05) is 35.3 Å². The van der Waals surface area contributed by atoms with Crippen LogP contribution in [0.3, 0.4) is 0 Å². The van der Waals surface area contributed by atoms with Crippen molar-refractivity contribution in [3.8, 4) is 44.5 Å². The molecule has 0 atom stereocenters. The molecule has 2 heterocycles. The molecular formula is C40H24S2. The molecule has 0 bridgehead atoms. The Bertz CT molecular complexity index is 2320. The Labute approximate surface area is 252 Å². The van der Waals surface area contributed by atoms with Gasteiger partial charge in [0.15, 0.2) is 0 Å². The van der Waals surface area contributed by atoms with Crippen LogP contribution in [0.15, 0.2) is 155 Å². The summed E-state index contributed by atoms with van der Waals surface area (Å²) in [4.78, 5) is 2.66. The molecule has 1 aromatic heterocycles. The predicted molar refractivity (Wildman–Crippen MR) is 183 cm³/mol. The van der Waals surface area contributed by atoms with E-state index in [4.69, 9.17) is 0 Å². The van der Waals surface area contributed by atoms with Crippen molar-refractivity contribution in [1.29, 1.82) is 0 Å². The first-order chi connectivity index (χ1) is 20.8. The van der Waals surface area contributed by atoms with Crippen LogP contribution < -0.4 is 0 Å². The molecular weight excluding hydrogens is 545 g/mol. The Hall–Kier alpha value is -4.63. The minimum Gasteiger partial charge on any atom is -0.135 e. The van der Waals surface area contributed by atoms with Crippen LogP contribution in [0.5, 0.6) is 0 Å². The van der Waals surface area contributed by atoms with Crippen LogP contribution in [0.4, 0.5) is 0 Å². The Morgan fingerprint density at radius 3 is 2.00 bits per heavy atom. The molecule has 0 unspecified atom stereocenters. The molecule has 1 aliphatic rings. The summed E-state index contributed by atoms with van der Waals surface area (Å²) in [7, 11) is 0. The molecule has 42 heavy (non-hydrogen) atoms. The minimum atomic E-state index is 1.23. The van der Waals surface area contributed by atoms with Gasteiger partial charge in [-0.25, -0.2) is 0 Å². The molecule has 0 radical (unpaired) electrons. The number of hydrogen-bond acceptors (Lipinski definition) is 2. The molecule has 9 rings (SSSR count). The van der Waals surface area contributed by atoms with Crippen molar-refractivity contribution >= 4 is 54.0 Å². The minimum absolute atomic E-state index is 1.23. The highest BCUT2D eigenvalue weighted by atomic mass is 32.2. The fourth-order valence-electron chi connectivity index (χ4n) is 6.47. The second kappa shape index (κ2) is 9.46. The Balaban J connectivity index is 1.27. The standard InChI is InChI=1S/C40H24S2/c1-2-9-25(10-3-1)28-21-29(23-30(22-28)31-14-8-16-34-32-13-4-5-17-36(32)42-40(31)34)27-19-20-37-35(24-27)33-15-6-11-26-12-7-18-38(41-37)39(26)33/h1-24H. The fraction of sp³-hybridized carbons (Fsp3) is 0. The molecule has 8 aromatic rings.